The van der Waals surface area contributed by atoms with E-state index in [2.05, 4.69) is 6.92 Å². The van der Waals surface area contributed by atoms with Crippen LogP contribution in [0.15, 0.2) is 23.8 Å². The summed E-state index contributed by atoms with van der Waals surface area (Å²) in [5.41, 5.74) is -9.65. The van der Waals surface area contributed by atoms with Crippen LogP contribution in [0.1, 0.15) is 87.0 Å². The summed E-state index contributed by atoms with van der Waals surface area (Å²) in [7, 11) is 0. The minimum atomic E-state index is -2.82. The van der Waals surface area contributed by atoms with E-state index in [1.165, 1.54) is 32.9 Å². The fraction of sp³-hybridized carbons (Fsp3) is 0.750. The smallest absolute Gasteiger partial charge is 0.341 e. The third-order valence-corrected chi connectivity index (χ3v) is 9.54. The summed E-state index contributed by atoms with van der Waals surface area (Å²) < 4.78 is 22.4. The van der Waals surface area contributed by atoms with E-state index < -0.39 is 88.6 Å². The molecule has 2 aliphatic carbocycles. The number of fused-ring (bicyclic) bond motifs is 2. The zero-order chi connectivity index (χ0) is 34.1. The summed E-state index contributed by atoms with van der Waals surface area (Å²) in [5, 5.41) is 58.6. The molecule has 254 valence electrons. The van der Waals surface area contributed by atoms with Crippen molar-refractivity contribution in [2.24, 2.45) is 11.3 Å². The molecule has 3 aliphatic rings. The largest absolute Gasteiger partial charge is 0.459 e. The number of hydrogen-bond acceptors (Lipinski definition) is 13. The SMILES string of the molecule is CCCCCCCC(=O)OC1/C(C)=C\[C@@H]2OC(=O)[C@@](C)(O)[C@@]2(O)C(OC(C)=O)[C@H]2[C@](C)(O)[C@H](O)C=C[C@]2(C)[C@@H](OC(C)=O)[C@@H]1O. The van der Waals surface area contributed by atoms with Crippen LogP contribution in [-0.4, -0.2) is 103 Å². The third-order valence-electron chi connectivity index (χ3n) is 9.54. The minimum absolute atomic E-state index is 0.0186. The summed E-state index contributed by atoms with van der Waals surface area (Å²) in [4.78, 5) is 51.2. The van der Waals surface area contributed by atoms with Crippen molar-refractivity contribution < 1.29 is 63.7 Å². The highest BCUT2D eigenvalue weighted by Gasteiger charge is 2.74. The molecular weight excluding hydrogens is 592 g/mol. The summed E-state index contributed by atoms with van der Waals surface area (Å²) >= 11 is 0. The molecule has 0 radical (unpaired) electrons. The number of hydrogen-bond donors (Lipinski definition) is 5. The average molecular weight is 641 g/mol. The second-order valence-electron chi connectivity index (χ2n) is 13.1. The second kappa shape index (κ2) is 13.5. The van der Waals surface area contributed by atoms with Gasteiger partial charge in [0.15, 0.2) is 23.4 Å². The number of unbranched alkanes of at least 4 members (excludes halogenated alkanes) is 4. The molecule has 45 heavy (non-hydrogen) atoms. The fourth-order valence-electron chi connectivity index (χ4n) is 7.01. The van der Waals surface area contributed by atoms with Crippen LogP contribution in [-0.2, 0) is 38.1 Å². The number of carbonyl (C=O) groups is 4. The Kier molecular flexibility index (Phi) is 11.0. The zero-order valence-electron chi connectivity index (χ0n) is 27.0. The van der Waals surface area contributed by atoms with Gasteiger partial charge in [-0.05, 0) is 38.8 Å². The number of ether oxygens (including phenoxy) is 4. The fourth-order valence-corrected chi connectivity index (χ4v) is 7.01. The van der Waals surface area contributed by atoms with Crippen LogP contribution < -0.4 is 0 Å². The van der Waals surface area contributed by atoms with E-state index in [1.807, 2.05) is 0 Å². The molecule has 0 bridgehead atoms. The van der Waals surface area contributed by atoms with Gasteiger partial charge in [0.05, 0.1) is 5.60 Å². The summed E-state index contributed by atoms with van der Waals surface area (Å²) in [5.74, 6) is -5.51. The lowest BCUT2D eigenvalue weighted by molar-refractivity contribution is -0.263. The molecule has 1 fully saturated rings. The van der Waals surface area contributed by atoms with Gasteiger partial charge in [0.2, 0.25) is 0 Å². The average Bonchev–Trinajstić information content (AvgIpc) is 3.10. The summed E-state index contributed by atoms with van der Waals surface area (Å²) in [6, 6.07) is 0. The maximum absolute atomic E-state index is 13.1. The first-order valence-electron chi connectivity index (χ1n) is 15.4. The standard InChI is InChI=1S/C32H48O13/c1-8-9-10-11-12-13-22(36)45-24-17(2)16-21-32(41,31(7,40)28(38)44-21)27(43-19(4)34)25-29(5,15-14-20(35)30(25,6)39)26(23(24)37)42-18(3)33/h14-16,20-21,23-27,35,37,39-41H,8-13H2,1-7H3/b17-16-/t20-,21+,23-,24?,25-,26+,27?,29+,30-,31-,32+/m1/s1. The Hall–Kier alpha value is -2.84. The molecule has 1 saturated heterocycles. The lowest BCUT2D eigenvalue weighted by Gasteiger charge is -2.57. The Morgan fingerprint density at radius 3 is 2.07 bits per heavy atom. The van der Waals surface area contributed by atoms with E-state index in [-0.39, 0.29) is 12.0 Å². The lowest BCUT2D eigenvalue weighted by Crippen LogP contribution is -2.74. The van der Waals surface area contributed by atoms with Gasteiger partial charge in [-0.1, -0.05) is 51.7 Å². The van der Waals surface area contributed by atoms with Gasteiger partial charge < -0.3 is 44.5 Å². The van der Waals surface area contributed by atoms with Gasteiger partial charge in [-0.15, -0.1) is 0 Å². The van der Waals surface area contributed by atoms with Crippen LogP contribution in [0.3, 0.4) is 0 Å². The molecule has 0 saturated carbocycles. The van der Waals surface area contributed by atoms with Crippen molar-refractivity contribution in [3.05, 3.63) is 23.8 Å². The Labute approximate surface area is 263 Å². The Balaban J connectivity index is 2.31. The van der Waals surface area contributed by atoms with Crippen molar-refractivity contribution in [3.8, 4) is 0 Å². The van der Waals surface area contributed by atoms with Crippen LogP contribution in [0.5, 0.6) is 0 Å². The van der Waals surface area contributed by atoms with Crippen LogP contribution in [0.2, 0.25) is 0 Å². The molecule has 0 aromatic carbocycles. The molecule has 2 unspecified atom stereocenters. The van der Waals surface area contributed by atoms with Gasteiger partial charge in [0, 0.05) is 31.6 Å². The molecule has 11 atom stereocenters. The number of rotatable bonds is 9. The highest BCUT2D eigenvalue weighted by atomic mass is 16.6. The van der Waals surface area contributed by atoms with E-state index in [4.69, 9.17) is 18.9 Å². The molecule has 3 rings (SSSR count). The third kappa shape index (κ3) is 6.69. The van der Waals surface area contributed by atoms with Gasteiger partial charge in [-0.3, -0.25) is 14.4 Å². The van der Waals surface area contributed by atoms with Crippen LogP contribution in [0, 0.1) is 11.3 Å². The predicted molar refractivity (Wildman–Crippen MR) is 157 cm³/mol. The van der Waals surface area contributed by atoms with Crippen molar-refractivity contribution in [1.29, 1.82) is 0 Å². The molecule has 13 heteroatoms. The summed E-state index contributed by atoms with van der Waals surface area (Å²) in [6.45, 7) is 9.11. The summed E-state index contributed by atoms with van der Waals surface area (Å²) in [6.07, 6.45) is -2.52. The van der Waals surface area contributed by atoms with E-state index in [0.29, 0.717) is 6.42 Å². The highest BCUT2D eigenvalue weighted by Crippen LogP contribution is 2.55. The van der Waals surface area contributed by atoms with Gasteiger partial charge in [-0.25, -0.2) is 4.79 Å². The molecule has 5 N–H and O–H groups in total. The number of aliphatic hydroxyl groups is 5. The first-order chi connectivity index (χ1) is 20.8. The maximum Gasteiger partial charge on any atom is 0.341 e. The van der Waals surface area contributed by atoms with Gasteiger partial charge in [-0.2, -0.15) is 0 Å². The quantitative estimate of drug-likeness (QED) is 0.104. The minimum Gasteiger partial charge on any atom is -0.459 e. The van der Waals surface area contributed by atoms with Crippen molar-refractivity contribution in [1.82, 2.24) is 0 Å². The Morgan fingerprint density at radius 2 is 1.49 bits per heavy atom. The van der Waals surface area contributed by atoms with Crippen LogP contribution in [0.25, 0.3) is 0 Å². The molecule has 0 spiro atoms. The molecule has 0 amide bonds. The second-order valence-corrected chi connectivity index (χ2v) is 13.1. The van der Waals surface area contributed by atoms with E-state index in [9.17, 15) is 44.7 Å². The number of carbonyl (C=O) groups excluding carboxylic acids is 4. The molecule has 0 aromatic heterocycles. The molecule has 1 aliphatic heterocycles. The molecule has 13 nitrogen and oxygen atoms in total. The van der Waals surface area contributed by atoms with E-state index in [0.717, 1.165) is 52.5 Å². The first kappa shape index (κ1) is 36.6. The van der Waals surface area contributed by atoms with Crippen molar-refractivity contribution in [2.75, 3.05) is 0 Å². The Morgan fingerprint density at radius 1 is 0.911 bits per heavy atom. The van der Waals surface area contributed by atoms with Crippen LogP contribution >= 0.6 is 0 Å². The Bertz CT molecular complexity index is 1210. The highest BCUT2D eigenvalue weighted by molar-refractivity contribution is 5.84. The van der Waals surface area contributed by atoms with Crippen molar-refractivity contribution in [3.63, 3.8) is 0 Å². The lowest BCUT2D eigenvalue weighted by atomic mass is 9.53. The molecule has 1 heterocycles. The molecule has 0 aromatic rings. The monoisotopic (exact) mass is 640 g/mol. The molecular formula is C32H48O13. The van der Waals surface area contributed by atoms with Gasteiger partial charge in [0.25, 0.3) is 0 Å². The zero-order valence-corrected chi connectivity index (χ0v) is 27.0. The van der Waals surface area contributed by atoms with Gasteiger partial charge in [0.1, 0.15) is 24.4 Å². The number of esters is 4. The van der Waals surface area contributed by atoms with Crippen molar-refractivity contribution in [2.45, 2.75) is 140 Å². The topological polar surface area (TPSA) is 206 Å². The first-order valence-corrected chi connectivity index (χ1v) is 15.4. The van der Waals surface area contributed by atoms with E-state index in [1.54, 1.807) is 0 Å². The van der Waals surface area contributed by atoms with Crippen molar-refractivity contribution >= 4 is 23.9 Å². The maximum atomic E-state index is 13.1. The normalized spacial score (nSPS) is 42.4. The van der Waals surface area contributed by atoms with Gasteiger partial charge >= 0.3 is 23.9 Å². The van der Waals surface area contributed by atoms with Crippen LogP contribution in [0.4, 0.5) is 0 Å². The predicted octanol–water partition coefficient (Wildman–Crippen LogP) is 1.15. The number of aliphatic hydroxyl groups excluding tert-OH is 2. The van der Waals surface area contributed by atoms with E-state index >= 15 is 0 Å².